The third-order valence-electron chi connectivity index (χ3n) is 3.64. The second-order valence-corrected chi connectivity index (χ2v) is 6.31. The van der Waals surface area contributed by atoms with E-state index in [1.54, 1.807) is 31.3 Å². The number of unbranched alkanes of at least 4 members (excludes halogenated alkanes) is 1. The van der Waals surface area contributed by atoms with E-state index >= 15 is 0 Å². The van der Waals surface area contributed by atoms with Crippen molar-refractivity contribution in [3.63, 3.8) is 0 Å². The van der Waals surface area contributed by atoms with E-state index < -0.39 is 6.04 Å². The van der Waals surface area contributed by atoms with E-state index in [1.807, 2.05) is 13.8 Å². The van der Waals surface area contributed by atoms with Crippen LogP contribution in [0.2, 0.25) is 0 Å². The number of benzene rings is 1. The predicted molar refractivity (Wildman–Crippen MR) is 96.0 cm³/mol. The number of likely N-dealkylation sites (N-methyl/N-ethyl adjacent to an activating group) is 1. The van der Waals surface area contributed by atoms with Crippen molar-refractivity contribution >= 4 is 11.8 Å². The number of amides is 2. The van der Waals surface area contributed by atoms with Gasteiger partial charge in [-0.3, -0.25) is 9.59 Å². The summed E-state index contributed by atoms with van der Waals surface area (Å²) < 4.78 is 5.57. The molecule has 0 aliphatic carbocycles. The molecule has 1 atom stereocenters. The molecule has 1 aromatic carbocycles. The van der Waals surface area contributed by atoms with E-state index in [-0.39, 0.29) is 11.8 Å². The van der Waals surface area contributed by atoms with Gasteiger partial charge < -0.3 is 15.4 Å². The van der Waals surface area contributed by atoms with Gasteiger partial charge in [0.2, 0.25) is 11.8 Å². The highest BCUT2D eigenvalue weighted by molar-refractivity contribution is 5.87. The normalized spacial score (nSPS) is 11.5. The number of carbonyl (C=O) groups is 2. The number of nitrogens with one attached hydrogen (secondary N) is 2. The summed E-state index contributed by atoms with van der Waals surface area (Å²) in [5.41, 5.74) is 0.558. The zero-order valence-electron chi connectivity index (χ0n) is 15.2. The Hall–Kier alpha value is -2.55. The first-order chi connectivity index (χ1) is 12.0. The third-order valence-corrected chi connectivity index (χ3v) is 3.64. The Bertz CT molecular complexity index is 608. The molecular formula is C19H27N3O3. The van der Waals surface area contributed by atoms with Crippen molar-refractivity contribution in [2.45, 2.75) is 45.6 Å². The molecule has 0 aliphatic heterocycles. The van der Waals surface area contributed by atoms with Gasteiger partial charge in [0, 0.05) is 13.5 Å². The summed E-state index contributed by atoms with van der Waals surface area (Å²) in [4.78, 5) is 23.8. The van der Waals surface area contributed by atoms with Crippen LogP contribution in [0.3, 0.4) is 0 Å². The van der Waals surface area contributed by atoms with Gasteiger partial charge in [0.05, 0.1) is 18.2 Å². The lowest BCUT2D eigenvalue weighted by Gasteiger charge is -2.19. The van der Waals surface area contributed by atoms with Crippen LogP contribution in [-0.2, 0) is 9.59 Å². The smallest absolute Gasteiger partial charge is 0.242 e. The predicted octanol–water partition coefficient (Wildman–Crippen LogP) is 2.38. The monoisotopic (exact) mass is 345 g/mol. The Morgan fingerprint density at radius 1 is 1.28 bits per heavy atom. The van der Waals surface area contributed by atoms with Crippen LogP contribution in [0, 0.1) is 17.2 Å². The van der Waals surface area contributed by atoms with E-state index in [0.717, 1.165) is 6.42 Å². The minimum atomic E-state index is -0.484. The van der Waals surface area contributed by atoms with Crippen LogP contribution >= 0.6 is 0 Å². The lowest BCUT2D eigenvalue weighted by Crippen LogP contribution is -2.46. The van der Waals surface area contributed by atoms with Gasteiger partial charge in [-0.2, -0.15) is 5.26 Å². The average molecular weight is 345 g/mol. The summed E-state index contributed by atoms with van der Waals surface area (Å²) >= 11 is 0. The van der Waals surface area contributed by atoms with Gasteiger partial charge in [0.25, 0.3) is 0 Å². The van der Waals surface area contributed by atoms with Crippen LogP contribution in [-0.4, -0.2) is 31.5 Å². The minimum absolute atomic E-state index is 0.124. The van der Waals surface area contributed by atoms with Crippen molar-refractivity contribution in [1.29, 1.82) is 5.26 Å². The first-order valence-corrected chi connectivity index (χ1v) is 8.60. The summed E-state index contributed by atoms with van der Waals surface area (Å²) in [6, 6.07) is 8.56. The molecule has 6 heteroatoms. The van der Waals surface area contributed by atoms with Crippen molar-refractivity contribution in [1.82, 2.24) is 10.6 Å². The lowest BCUT2D eigenvalue weighted by atomic mass is 10.0. The zero-order valence-corrected chi connectivity index (χ0v) is 15.2. The highest BCUT2D eigenvalue weighted by Gasteiger charge is 2.20. The molecule has 136 valence electrons. The summed E-state index contributed by atoms with van der Waals surface area (Å²) in [6.45, 7) is 4.51. The summed E-state index contributed by atoms with van der Waals surface area (Å²) in [7, 11) is 1.57. The molecular weight excluding hydrogens is 318 g/mol. The van der Waals surface area contributed by atoms with E-state index in [1.165, 1.54) is 0 Å². The van der Waals surface area contributed by atoms with Crippen LogP contribution in [0.4, 0.5) is 0 Å². The van der Waals surface area contributed by atoms with Gasteiger partial charge in [0.1, 0.15) is 11.8 Å². The van der Waals surface area contributed by atoms with E-state index in [9.17, 15) is 9.59 Å². The summed E-state index contributed by atoms with van der Waals surface area (Å²) in [5, 5.41) is 14.2. The molecule has 2 amide bonds. The SMILES string of the molecule is CNC(=O)[C@H](CC(C)C)NC(=O)CCCCOc1cccc(C#N)c1. The Morgan fingerprint density at radius 3 is 2.68 bits per heavy atom. The van der Waals surface area contributed by atoms with Gasteiger partial charge in [-0.05, 0) is 43.4 Å². The standard InChI is InChI=1S/C19H27N3O3/c1-14(2)11-17(19(24)21-3)22-18(23)9-4-5-10-25-16-8-6-7-15(12-16)13-20/h6-8,12,14,17H,4-5,9-11H2,1-3H3,(H,21,24)(H,22,23)/t17-/m0/s1. The van der Waals surface area contributed by atoms with Gasteiger partial charge in [-0.15, -0.1) is 0 Å². The number of carbonyl (C=O) groups excluding carboxylic acids is 2. The molecule has 0 fully saturated rings. The Balaban J connectivity index is 2.29. The first kappa shape index (κ1) is 20.5. The van der Waals surface area contributed by atoms with Crippen LogP contribution in [0.5, 0.6) is 5.75 Å². The number of hydrogen-bond donors (Lipinski definition) is 2. The van der Waals surface area contributed by atoms with Crippen molar-refractivity contribution in [2.24, 2.45) is 5.92 Å². The Kier molecular flexibility index (Phi) is 9.09. The molecule has 0 saturated carbocycles. The first-order valence-electron chi connectivity index (χ1n) is 8.60. The van der Waals surface area contributed by atoms with E-state index in [0.29, 0.717) is 43.1 Å². The lowest BCUT2D eigenvalue weighted by molar-refractivity contribution is -0.129. The molecule has 0 unspecified atom stereocenters. The van der Waals surface area contributed by atoms with Crippen molar-refractivity contribution < 1.29 is 14.3 Å². The number of rotatable bonds is 10. The maximum atomic E-state index is 12.0. The van der Waals surface area contributed by atoms with Crippen molar-refractivity contribution in [3.05, 3.63) is 29.8 Å². The fraction of sp³-hybridized carbons (Fsp3) is 0.526. The van der Waals surface area contributed by atoms with Crippen LogP contribution < -0.4 is 15.4 Å². The van der Waals surface area contributed by atoms with Crippen molar-refractivity contribution in [2.75, 3.05) is 13.7 Å². The molecule has 6 nitrogen and oxygen atoms in total. The molecule has 0 radical (unpaired) electrons. The van der Waals surface area contributed by atoms with Crippen LogP contribution in [0.15, 0.2) is 24.3 Å². The van der Waals surface area contributed by atoms with Crippen LogP contribution in [0.25, 0.3) is 0 Å². The molecule has 0 heterocycles. The van der Waals surface area contributed by atoms with Gasteiger partial charge in [-0.25, -0.2) is 0 Å². The number of hydrogen-bond acceptors (Lipinski definition) is 4. The molecule has 0 saturated heterocycles. The second-order valence-electron chi connectivity index (χ2n) is 6.31. The Labute approximate surface area is 149 Å². The van der Waals surface area contributed by atoms with Crippen LogP contribution in [0.1, 0.15) is 45.1 Å². The Morgan fingerprint density at radius 2 is 2.04 bits per heavy atom. The largest absolute Gasteiger partial charge is 0.494 e. The third kappa shape index (κ3) is 8.20. The van der Waals surface area contributed by atoms with Crippen molar-refractivity contribution in [3.8, 4) is 11.8 Å². The van der Waals surface area contributed by atoms with E-state index in [4.69, 9.17) is 10.00 Å². The molecule has 1 rings (SSSR count). The maximum absolute atomic E-state index is 12.0. The van der Waals surface area contributed by atoms with Gasteiger partial charge >= 0.3 is 0 Å². The zero-order chi connectivity index (χ0) is 18.7. The highest BCUT2D eigenvalue weighted by atomic mass is 16.5. The number of nitrogens with zero attached hydrogens (tertiary/aromatic N) is 1. The average Bonchev–Trinajstić information content (AvgIpc) is 2.60. The fourth-order valence-electron chi connectivity index (χ4n) is 2.38. The molecule has 0 bridgehead atoms. The maximum Gasteiger partial charge on any atom is 0.242 e. The topological polar surface area (TPSA) is 91.2 Å². The molecule has 0 spiro atoms. The molecule has 1 aromatic rings. The quantitative estimate of drug-likeness (QED) is 0.637. The number of nitriles is 1. The molecule has 2 N–H and O–H groups in total. The molecule has 0 aliphatic rings. The minimum Gasteiger partial charge on any atom is -0.494 e. The molecule has 0 aromatic heterocycles. The summed E-state index contributed by atoms with van der Waals surface area (Å²) in [6.07, 6.45) is 2.36. The highest BCUT2D eigenvalue weighted by Crippen LogP contribution is 2.13. The number of ether oxygens (including phenoxy) is 1. The fourth-order valence-corrected chi connectivity index (χ4v) is 2.38. The van der Waals surface area contributed by atoms with E-state index in [2.05, 4.69) is 16.7 Å². The second kappa shape index (κ2) is 11.1. The molecule has 25 heavy (non-hydrogen) atoms. The van der Waals surface area contributed by atoms with Gasteiger partial charge in [-0.1, -0.05) is 19.9 Å². The van der Waals surface area contributed by atoms with Gasteiger partial charge in [0.15, 0.2) is 0 Å². The summed E-state index contributed by atoms with van der Waals surface area (Å²) in [5.74, 6) is 0.684.